The van der Waals surface area contributed by atoms with Gasteiger partial charge in [-0.2, -0.15) is 0 Å². The van der Waals surface area contributed by atoms with Crippen molar-refractivity contribution in [1.29, 1.82) is 0 Å². The van der Waals surface area contributed by atoms with Gasteiger partial charge in [-0.3, -0.25) is 9.20 Å². The van der Waals surface area contributed by atoms with Crippen molar-refractivity contribution in [2.24, 2.45) is 11.8 Å². The molecule has 2 fully saturated rings. The van der Waals surface area contributed by atoms with Gasteiger partial charge in [-0.25, -0.2) is 14.8 Å². The number of carbonyl (C=O) groups is 1. The Kier molecular flexibility index (Phi) is 5.19. The molecular formula is C21H18Cl3N5O3. The van der Waals surface area contributed by atoms with Crippen LogP contribution >= 0.6 is 34.8 Å². The summed E-state index contributed by atoms with van der Waals surface area (Å²) >= 11 is 18.6. The Morgan fingerprint density at radius 1 is 1.22 bits per heavy atom. The number of fused-ring (bicyclic) bond motifs is 2. The molecule has 0 amide bonds. The molecule has 1 saturated heterocycles. The maximum absolute atomic E-state index is 13.0. The van der Waals surface area contributed by atoms with E-state index in [0.717, 1.165) is 13.1 Å². The fraction of sp³-hybridized carbons (Fsp3) is 0.333. The van der Waals surface area contributed by atoms with Crippen molar-refractivity contribution in [3.63, 3.8) is 0 Å². The Balaban J connectivity index is 1.60. The molecule has 5 rings (SSSR count). The number of rotatable bonds is 5. The average Bonchev–Trinajstić information content (AvgIpc) is 3.36. The van der Waals surface area contributed by atoms with E-state index in [0.29, 0.717) is 33.9 Å². The van der Waals surface area contributed by atoms with Gasteiger partial charge >= 0.3 is 5.97 Å². The smallest absolute Gasteiger partial charge is 0.356 e. The number of piperidine rings is 1. The number of nitrogens with one attached hydrogen (secondary N) is 1. The van der Waals surface area contributed by atoms with Crippen LogP contribution in [0.25, 0.3) is 5.65 Å². The van der Waals surface area contributed by atoms with Gasteiger partial charge in [-0.1, -0.05) is 34.8 Å². The fourth-order valence-corrected chi connectivity index (χ4v) is 4.94. The van der Waals surface area contributed by atoms with E-state index in [1.807, 2.05) is 6.92 Å². The van der Waals surface area contributed by atoms with Crippen molar-refractivity contribution in [1.82, 2.24) is 14.4 Å². The second kappa shape index (κ2) is 7.79. The number of aromatic nitrogens is 3. The van der Waals surface area contributed by atoms with Crippen molar-refractivity contribution in [3.05, 3.63) is 61.2 Å². The van der Waals surface area contributed by atoms with E-state index in [1.165, 1.54) is 23.1 Å². The first-order valence-corrected chi connectivity index (χ1v) is 11.2. The highest BCUT2D eigenvalue weighted by Gasteiger charge is 2.46. The molecule has 1 saturated carbocycles. The molecule has 32 heavy (non-hydrogen) atoms. The van der Waals surface area contributed by atoms with Crippen LogP contribution in [0.5, 0.6) is 0 Å². The summed E-state index contributed by atoms with van der Waals surface area (Å²) in [7, 11) is 0. The molecule has 0 bridgehead atoms. The molecule has 0 aromatic carbocycles. The van der Waals surface area contributed by atoms with Crippen LogP contribution in [-0.4, -0.2) is 38.5 Å². The first kappa shape index (κ1) is 21.3. The third-order valence-electron chi connectivity index (χ3n) is 6.03. The summed E-state index contributed by atoms with van der Waals surface area (Å²) < 4.78 is 1.33. The third kappa shape index (κ3) is 3.66. The van der Waals surface area contributed by atoms with Crippen molar-refractivity contribution in [2.75, 3.05) is 23.3 Å². The van der Waals surface area contributed by atoms with E-state index < -0.39 is 17.6 Å². The lowest BCUT2D eigenvalue weighted by Crippen LogP contribution is -2.28. The maximum atomic E-state index is 13.0. The summed E-state index contributed by atoms with van der Waals surface area (Å²) in [5.74, 6) is 0.542. The van der Waals surface area contributed by atoms with Gasteiger partial charge in [0.2, 0.25) is 0 Å². The minimum atomic E-state index is -1.21. The molecule has 0 radical (unpaired) electrons. The van der Waals surface area contributed by atoms with E-state index in [9.17, 15) is 14.7 Å². The number of aromatic carboxylic acids is 1. The third-order valence-corrected chi connectivity index (χ3v) is 6.78. The van der Waals surface area contributed by atoms with Gasteiger partial charge in [0.25, 0.3) is 5.56 Å². The zero-order valence-corrected chi connectivity index (χ0v) is 19.1. The lowest BCUT2D eigenvalue weighted by molar-refractivity contribution is 0.0691. The highest BCUT2D eigenvalue weighted by molar-refractivity contribution is 6.33. The summed E-state index contributed by atoms with van der Waals surface area (Å²) in [6.07, 6.45) is 2.69. The van der Waals surface area contributed by atoms with Gasteiger partial charge in [0.05, 0.1) is 16.8 Å². The van der Waals surface area contributed by atoms with Gasteiger partial charge in [-0.15, -0.1) is 0 Å². The Labute approximate surface area is 197 Å². The standard InChI is InChI=1S/C21H18Cl3N5O3/c1-9(25-14-2-3-15(23)26-17(14)21(31)32)13-5-12(22)8-29-18(13)27-19(16(24)20(29)30)28-6-10-4-11(10)7-28/h2-3,5,8-11,25H,4,6-7H2,1H3,(H,31,32)/t9-,10+,11?/m1/s1. The molecule has 11 heteroatoms. The zero-order valence-electron chi connectivity index (χ0n) is 16.8. The first-order valence-electron chi connectivity index (χ1n) is 10.1. The molecule has 8 nitrogen and oxygen atoms in total. The van der Waals surface area contributed by atoms with Gasteiger partial charge in [0.1, 0.15) is 15.8 Å². The number of carboxylic acid groups (broad SMARTS) is 1. The molecule has 2 aliphatic rings. The van der Waals surface area contributed by atoms with Crippen LogP contribution in [0.15, 0.2) is 29.2 Å². The highest BCUT2D eigenvalue weighted by atomic mass is 35.5. The van der Waals surface area contributed by atoms with E-state index in [4.69, 9.17) is 39.8 Å². The second-order valence-corrected chi connectivity index (χ2v) is 9.43. The van der Waals surface area contributed by atoms with Gasteiger partial charge in [-0.05, 0) is 43.4 Å². The normalized spacial score (nSPS) is 20.3. The van der Waals surface area contributed by atoms with Crippen LogP contribution in [0.3, 0.4) is 0 Å². The van der Waals surface area contributed by atoms with Gasteiger partial charge in [0.15, 0.2) is 11.5 Å². The van der Waals surface area contributed by atoms with E-state index in [-0.39, 0.29) is 21.6 Å². The van der Waals surface area contributed by atoms with Crippen LogP contribution in [0.1, 0.15) is 35.4 Å². The zero-order chi connectivity index (χ0) is 22.7. The van der Waals surface area contributed by atoms with Crippen molar-refractivity contribution >= 4 is 57.9 Å². The quantitative estimate of drug-likeness (QED) is 0.508. The van der Waals surface area contributed by atoms with E-state index >= 15 is 0 Å². The second-order valence-electron chi connectivity index (χ2n) is 8.22. The monoisotopic (exact) mass is 493 g/mol. The van der Waals surface area contributed by atoms with E-state index in [2.05, 4.69) is 15.2 Å². The predicted octanol–water partition coefficient (Wildman–Crippen LogP) is 4.38. The van der Waals surface area contributed by atoms with Crippen molar-refractivity contribution in [3.8, 4) is 0 Å². The molecule has 3 atom stereocenters. The summed E-state index contributed by atoms with van der Waals surface area (Å²) in [6.45, 7) is 3.49. The Bertz CT molecular complexity index is 1320. The minimum absolute atomic E-state index is 0.0627. The number of halogens is 3. The highest BCUT2D eigenvalue weighted by Crippen LogP contribution is 2.46. The van der Waals surface area contributed by atoms with Gasteiger partial charge < -0.3 is 15.3 Å². The van der Waals surface area contributed by atoms with Crippen LogP contribution in [-0.2, 0) is 0 Å². The van der Waals surface area contributed by atoms with Crippen LogP contribution in [0.2, 0.25) is 15.2 Å². The summed E-state index contributed by atoms with van der Waals surface area (Å²) in [5, 5.41) is 13.1. The minimum Gasteiger partial charge on any atom is -0.476 e. The average molecular weight is 495 g/mol. The van der Waals surface area contributed by atoms with Crippen LogP contribution in [0, 0.1) is 11.8 Å². The number of hydrogen-bond acceptors (Lipinski definition) is 6. The lowest BCUT2D eigenvalue weighted by Gasteiger charge is -2.23. The summed E-state index contributed by atoms with van der Waals surface area (Å²) in [5.41, 5.74) is 0.688. The Hall–Kier alpha value is -2.55. The molecule has 3 aromatic rings. The lowest BCUT2D eigenvalue weighted by atomic mass is 10.1. The number of nitrogens with zero attached hydrogens (tertiary/aromatic N) is 4. The predicted molar refractivity (Wildman–Crippen MR) is 124 cm³/mol. The first-order chi connectivity index (χ1) is 15.2. The van der Waals surface area contributed by atoms with Crippen molar-refractivity contribution < 1.29 is 9.90 Å². The molecule has 2 N–H and O–H groups in total. The molecule has 166 valence electrons. The molecule has 3 aromatic heterocycles. The molecule has 1 unspecified atom stereocenters. The molecule has 1 aliphatic carbocycles. The SMILES string of the molecule is C[C@@H](Nc1ccc(Cl)nc1C(=O)O)c1cc(Cl)cn2c(=O)c(Cl)c(N3CC4C[C@H]4C3)nc12. The molecule has 0 spiro atoms. The fourth-order valence-electron chi connectivity index (χ4n) is 4.32. The topological polar surface area (TPSA) is 99.8 Å². The maximum Gasteiger partial charge on any atom is 0.356 e. The van der Waals surface area contributed by atoms with Crippen LogP contribution in [0.4, 0.5) is 11.5 Å². The number of anilines is 2. The summed E-state index contributed by atoms with van der Waals surface area (Å²) in [4.78, 5) is 35.3. The Morgan fingerprint density at radius 3 is 2.62 bits per heavy atom. The van der Waals surface area contributed by atoms with Crippen LogP contribution < -0.4 is 15.8 Å². The summed E-state index contributed by atoms with van der Waals surface area (Å²) in [6, 6.07) is 4.28. The number of pyridine rings is 2. The van der Waals surface area contributed by atoms with Gasteiger partial charge in [0, 0.05) is 24.8 Å². The Morgan fingerprint density at radius 2 is 1.94 bits per heavy atom. The molecule has 1 aliphatic heterocycles. The largest absolute Gasteiger partial charge is 0.476 e. The van der Waals surface area contributed by atoms with Crippen molar-refractivity contribution in [2.45, 2.75) is 19.4 Å². The van der Waals surface area contributed by atoms with E-state index in [1.54, 1.807) is 12.1 Å². The molecular weight excluding hydrogens is 477 g/mol. The number of hydrogen-bond donors (Lipinski definition) is 2. The number of carboxylic acids is 1. The molecule has 4 heterocycles.